The average molecular weight is 522 g/mol. The largest absolute Gasteiger partial charge is 0.465 e. The molecule has 0 unspecified atom stereocenters. The molecule has 0 saturated carbocycles. The van der Waals surface area contributed by atoms with E-state index in [4.69, 9.17) is 4.98 Å². The van der Waals surface area contributed by atoms with Crippen LogP contribution in [0.25, 0.3) is 0 Å². The summed E-state index contributed by atoms with van der Waals surface area (Å²) < 4.78 is 0. The van der Waals surface area contributed by atoms with Crippen molar-refractivity contribution in [2.24, 2.45) is 0 Å². The topological polar surface area (TPSA) is 113 Å². The highest BCUT2D eigenvalue weighted by atomic mass is 16.4. The summed E-state index contributed by atoms with van der Waals surface area (Å²) in [7, 11) is 3.82. The highest BCUT2D eigenvalue weighted by Crippen LogP contribution is 2.38. The molecule has 0 spiro atoms. The van der Waals surface area contributed by atoms with Gasteiger partial charge in [0.25, 0.3) is 5.91 Å². The Labute approximate surface area is 222 Å². The van der Waals surface area contributed by atoms with Crippen molar-refractivity contribution in [1.82, 2.24) is 19.7 Å². The molecular formula is C27H35N7O4. The van der Waals surface area contributed by atoms with Gasteiger partial charge in [-0.05, 0) is 57.1 Å². The Hall–Kier alpha value is -3.86. The van der Waals surface area contributed by atoms with Crippen molar-refractivity contribution in [3.8, 4) is 0 Å². The fourth-order valence-corrected chi connectivity index (χ4v) is 5.56. The number of carbonyl (C=O) groups is 3. The van der Waals surface area contributed by atoms with Crippen molar-refractivity contribution in [3.05, 3.63) is 42.0 Å². The number of piperidine rings is 1. The molecule has 11 heteroatoms. The quantitative estimate of drug-likeness (QED) is 0.631. The molecule has 11 nitrogen and oxygen atoms in total. The molecule has 2 aromatic rings. The highest BCUT2D eigenvalue weighted by Gasteiger charge is 2.40. The first kappa shape index (κ1) is 25.8. The van der Waals surface area contributed by atoms with Gasteiger partial charge in [-0.25, -0.2) is 9.78 Å². The van der Waals surface area contributed by atoms with Gasteiger partial charge in [0.2, 0.25) is 5.91 Å². The summed E-state index contributed by atoms with van der Waals surface area (Å²) in [6.45, 7) is 5.88. The maximum absolute atomic E-state index is 13.1. The highest BCUT2D eigenvalue weighted by molar-refractivity contribution is 6.04. The maximum Gasteiger partial charge on any atom is 0.407 e. The lowest BCUT2D eigenvalue weighted by molar-refractivity contribution is -0.119. The number of carboxylic acid groups (broad SMARTS) is 1. The van der Waals surface area contributed by atoms with Gasteiger partial charge < -0.3 is 34.9 Å². The third kappa shape index (κ3) is 4.98. The maximum atomic E-state index is 13.1. The van der Waals surface area contributed by atoms with E-state index in [0.29, 0.717) is 56.2 Å². The fraction of sp³-hybridized carbons (Fsp3) is 0.481. The number of hydrogen-bond acceptors (Lipinski definition) is 7. The van der Waals surface area contributed by atoms with Crippen LogP contribution in [-0.2, 0) is 4.79 Å². The monoisotopic (exact) mass is 521 g/mol. The van der Waals surface area contributed by atoms with Crippen LogP contribution in [0.3, 0.4) is 0 Å². The molecule has 0 radical (unpaired) electrons. The van der Waals surface area contributed by atoms with Crippen LogP contribution in [-0.4, -0.2) is 108 Å². The number of anilines is 4. The predicted molar refractivity (Wildman–Crippen MR) is 145 cm³/mol. The Kier molecular flexibility index (Phi) is 7.11. The van der Waals surface area contributed by atoms with Gasteiger partial charge in [0, 0.05) is 63.6 Å². The van der Waals surface area contributed by atoms with Crippen LogP contribution in [0, 0.1) is 0 Å². The standard InChI is InChI=1S/C27H35N7O4/c1-18-25(35)31(3)22-7-8-23(29-24(22)34(18)21-9-11-33(12-10-21)27(37)38)28-20-6-4-5-19(17-20)26(36)32-15-13-30(2)14-16-32/h4-8,17-18,21H,9-16H2,1-3H3,(H,28,29)(H,37,38)/t18-/m1/s1. The van der Waals surface area contributed by atoms with Gasteiger partial charge in [-0.1, -0.05) is 6.07 Å². The average Bonchev–Trinajstić information content (AvgIpc) is 2.92. The fourth-order valence-electron chi connectivity index (χ4n) is 5.56. The van der Waals surface area contributed by atoms with Crippen LogP contribution < -0.4 is 15.1 Å². The van der Waals surface area contributed by atoms with Crippen molar-refractivity contribution >= 4 is 40.9 Å². The summed E-state index contributed by atoms with van der Waals surface area (Å²) in [5.41, 5.74) is 2.11. The van der Waals surface area contributed by atoms with E-state index in [2.05, 4.69) is 22.2 Å². The van der Waals surface area contributed by atoms with E-state index in [9.17, 15) is 19.5 Å². The van der Waals surface area contributed by atoms with E-state index in [1.807, 2.05) is 48.2 Å². The normalized spacial score (nSPS) is 20.9. The molecule has 202 valence electrons. The first-order chi connectivity index (χ1) is 18.2. The zero-order valence-electron chi connectivity index (χ0n) is 22.1. The van der Waals surface area contributed by atoms with Gasteiger partial charge in [-0.2, -0.15) is 0 Å². The molecule has 3 amide bonds. The predicted octanol–water partition coefficient (Wildman–Crippen LogP) is 2.53. The molecule has 1 aromatic heterocycles. The molecule has 2 N–H and O–H groups in total. The molecular weight excluding hydrogens is 486 g/mol. The van der Waals surface area contributed by atoms with Crippen LogP contribution in [0.5, 0.6) is 0 Å². The van der Waals surface area contributed by atoms with Gasteiger partial charge >= 0.3 is 6.09 Å². The minimum absolute atomic E-state index is 0.00397. The van der Waals surface area contributed by atoms with E-state index in [1.54, 1.807) is 11.9 Å². The van der Waals surface area contributed by atoms with Crippen molar-refractivity contribution in [2.45, 2.75) is 31.8 Å². The third-order valence-corrected chi connectivity index (χ3v) is 7.87. The molecule has 1 atom stereocenters. The van der Waals surface area contributed by atoms with Crippen molar-refractivity contribution in [1.29, 1.82) is 0 Å². The molecule has 38 heavy (non-hydrogen) atoms. The number of nitrogens with zero attached hydrogens (tertiary/aromatic N) is 6. The molecule has 3 aliphatic rings. The first-order valence-corrected chi connectivity index (χ1v) is 13.1. The second kappa shape index (κ2) is 10.5. The molecule has 5 rings (SSSR count). The SMILES string of the molecule is C[C@@H]1C(=O)N(C)c2ccc(Nc3cccc(C(=O)N4CCN(C)CC4)c3)nc2N1C1CCN(C(=O)O)CC1. The number of nitrogens with one attached hydrogen (secondary N) is 1. The number of piperazine rings is 1. The zero-order valence-corrected chi connectivity index (χ0v) is 22.1. The third-order valence-electron chi connectivity index (χ3n) is 7.87. The summed E-state index contributed by atoms with van der Waals surface area (Å²) in [6, 6.07) is 10.7. The Balaban J connectivity index is 1.38. The molecule has 2 saturated heterocycles. The van der Waals surface area contributed by atoms with Crippen LogP contribution in [0.2, 0.25) is 0 Å². The summed E-state index contributed by atoms with van der Waals surface area (Å²) >= 11 is 0. The Morgan fingerprint density at radius 2 is 1.68 bits per heavy atom. The van der Waals surface area contributed by atoms with Gasteiger partial charge in [0.1, 0.15) is 11.9 Å². The number of pyridine rings is 1. The minimum Gasteiger partial charge on any atom is -0.465 e. The summed E-state index contributed by atoms with van der Waals surface area (Å²) in [5, 5.41) is 12.7. The first-order valence-electron chi connectivity index (χ1n) is 13.1. The molecule has 3 aliphatic heterocycles. The number of hydrogen-bond donors (Lipinski definition) is 2. The molecule has 0 aliphatic carbocycles. The van der Waals surface area contributed by atoms with Crippen LogP contribution in [0.1, 0.15) is 30.1 Å². The van der Waals surface area contributed by atoms with Crippen LogP contribution in [0.4, 0.5) is 27.8 Å². The Morgan fingerprint density at radius 1 is 0.974 bits per heavy atom. The van der Waals surface area contributed by atoms with Crippen LogP contribution in [0.15, 0.2) is 36.4 Å². The van der Waals surface area contributed by atoms with Gasteiger partial charge in [-0.3, -0.25) is 9.59 Å². The second-order valence-electron chi connectivity index (χ2n) is 10.3. The summed E-state index contributed by atoms with van der Waals surface area (Å²) in [5.74, 6) is 1.31. The number of likely N-dealkylation sites (tertiary alicyclic amines) is 1. The number of carbonyl (C=O) groups excluding carboxylic acids is 2. The summed E-state index contributed by atoms with van der Waals surface area (Å²) in [4.78, 5) is 51.6. The lowest BCUT2D eigenvalue weighted by Crippen LogP contribution is -2.57. The zero-order chi connectivity index (χ0) is 27.0. The number of likely N-dealkylation sites (N-methyl/N-ethyl adjacent to an activating group) is 2. The van der Waals surface area contributed by atoms with Crippen molar-refractivity contribution in [3.63, 3.8) is 0 Å². The van der Waals surface area contributed by atoms with Crippen molar-refractivity contribution in [2.75, 3.05) is 68.5 Å². The van der Waals surface area contributed by atoms with E-state index in [-0.39, 0.29) is 17.9 Å². The number of aromatic nitrogens is 1. The van der Waals surface area contributed by atoms with E-state index in [1.165, 1.54) is 4.90 Å². The van der Waals surface area contributed by atoms with E-state index >= 15 is 0 Å². The van der Waals surface area contributed by atoms with E-state index in [0.717, 1.165) is 24.5 Å². The van der Waals surface area contributed by atoms with Crippen molar-refractivity contribution < 1.29 is 19.5 Å². The van der Waals surface area contributed by atoms with Gasteiger partial charge in [0.05, 0.1) is 5.69 Å². The Bertz CT molecular complexity index is 1220. The van der Waals surface area contributed by atoms with Gasteiger partial charge in [0.15, 0.2) is 5.82 Å². The van der Waals surface area contributed by atoms with E-state index < -0.39 is 12.1 Å². The summed E-state index contributed by atoms with van der Waals surface area (Å²) in [6.07, 6.45) is 0.343. The Morgan fingerprint density at radius 3 is 2.37 bits per heavy atom. The van der Waals surface area contributed by atoms with Crippen LogP contribution >= 0.6 is 0 Å². The number of fused-ring (bicyclic) bond motifs is 1. The minimum atomic E-state index is -0.913. The molecule has 2 fully saturated rings. The number of amides is 3. The lowest BCUT2D eigenvalue weighted by atomic mass is 9.99. The van der Waals surface area contributed by atoms with Gasteiger partial charge in [-0.15, -0.1) is 0 Å². The second-order valence-corrected chi connectivity index (χ2v) is 10.3. The smallest absolute Gasteiger partial charge is 0.407 e. The lowest BCUT2D eigenvalue weighted by Gasteiger charge is -2.45. The number of rotatable bonds is 4. The number of benzene rings is 1. The molecule has 1 aromatic carbocycles. The molecule has 4 heterocycles. The molecule has 0 bridgehead atoms.